The largest absolute Gasteiger partial charge is 0.398 e. The number of benzene rings is 1. The van der Waals surface area contributed by atoms with Crippen LogP contribution >= 0.6 is 0 Å². The Kier molecular flexibility index (Phi) is 4.47. The Hall–Kier alpha value is -1.07. The second-order valence-electron chi connectivity index (χ2n) is 5.26. The van der Waals surface area contributed by atoms with Gasteiger partial charge in [0.05, 0.1) is 16.3 Å². The SMILES string of the molecule is Cc1ccc(S(=O)(=O)CCCN2CCCC2)c(N)c1. The van der Waals surface area contributed by atoms with Crippen molar-refractivity contribution in [3.05, 3.63) is 23.8 Å². The van der Waals surface area contributed by atoms with E-state index in [1.54, 1.807) is 18.2 Å². The minimum atomic E-state index is -3.25. The molecule has 1 heterocycles. The molecular formula is C14H22N2O2S. The zero-order valence-electron chi connectivity index (χ0n) is 11.4. The van der Waals surface area contributed by atoms with Crippen LogP contribution in [0.25, 0.3) is 0 Å². The van der Waals surface area contributed by atoms with Gasteiger partial charge in [-0.3, -0.25) is 0 Å². The monoisotopic (exact) mass is 282 g/mol. The normalized spacial score (nSPS) is 16.9. The molecule has 1 aliphatic rings. The first-order valence-electron chi connectivity index (χ1n) is 6.80. The number of nitrogen functional groups attached to an aromatic ring is 1. The van der Waals surface area contributed by atoms with Crippen LogP contribution in [0.3, 0.4) is 0 Å². The quantitative estimate of drug-likeness (QED) is 0.837. The van der Waals surface area contributed by atoms with Crippen molar-refractivity contribution in [1.82, 2.24) is 4.90 Å². The van der Waals surface area contributed by atoms with Crippen molar-refractivity contribution in [2.45, 2.75) is 31.1 Å². The van der Waals surface area contributed by atoms with Crippen LogP contribution in [0.4, 0.5) is 5.69 Å². The molecule has 0 radical (unpaired) electrons. The molecule has 0 spiro atoms. The van der Waals surface area contributed by atoms with Crippen LogP contribution in [0.2, 0.25) is 0 Å². The molecule has 0 saturated carbocycles. The van der Waals surface area contributed by atoms with Crippen LogP contribution in [0.1, 0.15) is 24.8 Å². The Labute approximate surface area is 115 Å². The van der Waals surface area contributed by atoms with Crippen LogP contribution in [0.15, 0.2) is 23.1 Å². The zero-order chi connectivity index (χ0) is 13.9. The van der Waals surface area contributed by atoms with Gasteiger partial charge in [-0.05, 0) is 63.5 Å². The van der Waals surface area contributed by atoms with Crippen molar-refractivity contribution in [2.24, 2.45) is 0 Å². The fourth-order valence-corrected chi connectivity index (χ4v) is 3.97. The Balaban J connectivity index is 1.97. The van der Waals surface area contributed by atoms with E-state index in [4.69, 9.17) is 5.73 Å². The number of rotatable bonds is 5. The van der Waals surface area contributed by atoms with Gasteiger partial charge in [0.15, 0.2) is 9.84 Å². The van der Waals surface area contributed by atoms with E-state index in [-0.39, 0.29) is 10.6 Å². The van der Waals surface area contributed by atoms with E-state index in [2.05, 4.69) is 4.90 Å². The summed E-state index contributed by atoms with van der Waals surface area (Å²) in [4.78, 5) is 2.60. The second-order valence-corrected chi connectivity index (χ2v) is 7.34. The summed E-state index contributed by atoms with van der Waals surface area (Å²) in [5, 5.41) is 0. The molecule has 1 saturated heterocycles. The summed E-state index contributed by atoms with van der Waals surface area (Å²) >= 11 is 0. The van der Waals surface area contributed by atoms with Crippen molar-refractivity contribution in [1.29, 1.82) is 0 Å². The van der Waals surface area contributed by atoms with Gasteiger partial charge in [0.25, 0.3) is 0 Å². The van der Waals surface area contributed by atoms with E-state index in [1.165, 1.54) is 12.8 Å². The zero-order valence-corrected chi connectivity index (χ0v) is 12.2. The average molecular weight is 282 g/mol. The lowest BCUT2D eigenvalue weighted by Crippen LogP contribution is -2.22. The highest BCUT2D eigenvalue weighted by Crippen LogP contribution is 2.21. The standard InChI is InChI=1S/C14H22N2O2S/c1-12-5-6-14(13(15)11-12)19(17,18)10-4-9-16-7-2-3-8-16/h5-6,11H,2-4,7-10,15H2,1H3. The van der Waals surface area contributed by atoms with Crippen molar-refractivity contribution >= 4 is 15.5 Å². The highest BCUT2D eigenvalue weighted by atomic mass is 32.2. The highest BCUT2D eigenvalue weighted by Gasteiger charge is 2.18. The van der Waals surface area contributed by atoms with Crippen molar-refractivity contribution < 1.29 is 8.42 Å². The van der Waals surface area contributed by atoms with Crippen LogP contribution in [0, 0.1) is 6.92 Å². The first-order valence-corrected chi connectivity index (χ1v) is 8.45. The molecule has 0 bridgehead atoms. The number of nitrogens with zero attached hydrogens (tertiary/aromatic N) is 1. The first kappa shape index (κ1) is 14.3. The fraction of sp³-hybridized carbons (Fsp3) is 0.571. The highest BCUT2D eigenvalue weighted by molar-refractivity contribution is 7.91. The van der Waals surface area contributed by atoms with Crippen molar-refractivity contribution in [3.63, 3.8) is 0 Å². The maximum absolute atomic E-state index is 12.2. The van der Waals surface area contributed by atoms with Crippen LogP contribution in [-0.4, -0.2) is 38.7 Å². The van der Waals surface area contributed by atoms with E-state index in [1.807, 2.05) is 6.92 Å². The summed E-state index contributed by atoms with van der Waals surface area (Å²) in [6.07, 6.45) is 3.14. The molecule has 4 nitrogen and oxygen atoms in total. The number of anilines is 1. The molecule has 1 aromatic carbocycles. The lowest BCUT2D eigenvalue weighted by Gasteiger charge is -2.14. The summed E-state index contributed by atoms with van der Waals surface area (Å²) in [7, 11) is -3.25. The Bertz CT molecular complexity index is 534. The maximum Gasteiger partial charge on any atom is 0.180 e. The van der Waals surface area contributed by atoms with E-state index >= 15 is 0 Å². The molecule has 2 rings (SSSR count). The van der Waals surface area contributed by atoms with Gasteiger partial charge in [0.1, 0.15) is 0 Å². The van der Waals surface area contributed by atoms with E-state index in [0.717, 1.165) is 25.2 Å². The van der Waals surface area contributed by atoms with E-state index in [9.17, 15) is 8.42 Å². The summed E-state index contributed by atoms with van der Waals surface area (Å²) < 4.78 is 24.5. The lowest BCUT2D eigenvalue weighted by atomic mass is 10.2. The third-order valence-electron chi connectivity index (χ3n) is 3.59. The fourth-order valence-electron chi connectivity index (χ4n) is 2.55. The van der Waals surface area contributed by atoms with Crippen LogP contribution in [0.5, 0.6) is 0 Å². The van der Waals surface area contributed by atoms with Crippen molar-refractivity contribution in [3.8, 4) is 0 Å². The van der Waals surface area contributed by atoms with Gasteiger partial charge in [-0.2, -0.15) is 0 Å². The molecule has 0 unspecified atom stereocenters. The second kappa shape index (κ2) is 5.92. The Morgan fingerprint density at radius 3 is 2.58 bits per heavy atom. The molecule has 0 aliphatic carbocycles. The van der Waals surface area contributed by atoms with Gasteiger partial charge in [0, 0.05) is 0 Å². The smallest absolute Gasteiger partial charge is 0.180 e. The number of aryl methyl sites for hydroxylation is 1. The maximum atomic E-state index is 12.2. The molecule has 5 heteroatoms. The van der Waals surface area contributed by atoms with Gasteiger partial charge in [-0.1, -0.05) is 6.07 Å². The van der Waals surface area contributed by atoms with Crippen LogP contribution < -0.4 is 5.73 Å². The number of hydrogen-bond acceptors (Lipinski definition) is 4. The molecule has 19 heavy (non-hydrogen) atoms. The van der Waals surface area contributed by atoms with E-state index in [0.29, 0.717) is 12.1 Å². The number of sulfone groups is 1. The van der Waals surface area contributed by atoms with Gasteiger partial charge in [-0.25, -0.2) is 8.42 Å². The van der Waals surface area contributed by atoms with Crippen molar-refractivity contribution in [2.75, 3.05) is 31.1 Å². The third-order valence-corrected chi connectivity index (χ3v) is 5.45. The van der Waals surface area contributed by atoms with Gasteiger partial charge in [-0.15, -0.1) is 0 Å². The third kappa shape index (κ3) is 3.70. The lowest BCUT2D eigenvalue weighted by molar-refractivity contribution is 0.340. The minimum absolute atomic E-state index is 0.177. The van der Waals surface area contributed by atoms with E-state index < -0.39 is 9.84 Å². The molecule has 1 fully saturated rings. The number of likely N-dealkylation sites (tertiary alicyclic amines) is 1. The number of hydrogen-bond donors (Lipinski definition) is 1. The molecule has 1 aromatic rings. The molecular weight excluding hydrogens is 260 g/mol. The predicted molar refractivity (Wildman–Crippen MR) is 77.9 cm³/mol. The predicted octanol–water partition coefficient (Wildman–Crippen LogP) is 1.84. The molecule has 2 N–H and O–H groups in total. The summed E-state index contributed by atoms with van der Waals surface area (Å²) in [6.45, 7) is 4.98. The van der Waals surface area contributed by atoms with Crippen LogP contribution in [-0.2, 0) is 9.84 Å². The summed E-state index contributed by atoms with van der Waals surface area (Å²) in [6, 6.07) is 5.13. The average Bonchev–Trinajstić information content (AvgIpc) is 2.81. The summed E-state index contributed by atoms with van der Waals surface area (Å²) in [5.41, 5.74) is 7.15. The Morgan fingerprint density at radius 2 is 1.95 bits per heavy atom. The summed E-state index contributed by atoms with van der Waals surface area (Å²) in [5.74, 6) is 0.177. The molecule has 0 aromatic heterocycles. The number of nitrogens with two attached hydrogens (primary N) is 1. The van der Waals surface area contributed by atoms with Gasteiger partial charge >= 0.3 is 0 Å². The molecule has 0 atom stereocenters. The van der Waals surface area contributed by atoms with Gasteiger partial charge in [0.2, 0.25) is 0 Å². The Morgan fingerprint density at radius 1 is 1.26 bits per heavy atom. The first-order chi connectivity index (χ1) is 8.99. The molecule has 106 valence electrons. The topological polar surface area (TPSA) is 63.4 Å². The van der Waals surface area contributed by atoms with Gasteiger partial charge < -0.3 is 10.6 Å². The minimum Gasteiger partial charge on any atom is -0.398 e. The molecule has 0 amide bonds. The molecule has 1 aliphatic heterocycles.